The van der Waals surface area contributed by atoms with Gasteiger partial charge in [-0.1, -0.05) is 33.5 Å². The zero-order chi connectivity index (χ0) is 78.9. The Labute approximate surface area is 625 Å². The van der Waals surface area contributed by atoms with Gasteiger partial charge in [-0.05, 0) is 82.9 Å². The van der Waals surface area contributed by atoms with E-state index in [-0.39, 0.29) is 45.5 Å². The van der Waals surface area contributed by atoms with Crippen LogP contribution in [-0.4, -0.2) is 265 Å². The first-order chi connectivity index (χ1) is 53.0. The van der Waals surface area contributed by atoms with Gasteiger partial charge in [0, 0.05) is 80.8 Å². The van der Waals surface area contributed by atoms with Crippen LogP contribution in [0, 0.1) is 0 Å². The molecule has 3 fully saturated rings. The molecule has 12 rings (SSSR count). The molecular formula is C65H84N32O13. The predicted octanol–water partition coefficient (Wildman–Crippen LogP) is -1.31. The van der Waals surface area contributed by atoms with Crippen LogP contribution in [0.5, 0.6) is 5.75 Å². The maximum absolute atomic E-state index is 12.9. The Kier molecular flexibility index (Phi) is 27.4. The molecule has 3 amide bonds. The van der Waals surface area contributed by atoms with Gasteiger partial charge in [0.1, 0.15) is 61.4 Å². The van der Waals surface area contributed by atoms with Gasteiger partial charge in [0.05, 0.1) is 101 Å². The zero-order valence-electron chi connectivity index (χ0n) is 60.4. The van der Waals surface area contributed by atoms with Crippen LogP contribution in [0.4, 0.5) is 17.5 Å². The molecular weight excluding hydrogens is 1440 g/mol. The van der Waals surface area contributed by atoms with Crippen LogP contribution >= 0.6 is 0 Å². The average Bonchev–Trinajstić information content (AvgIpc) is 1.63. The van der Waals surface area contributed by atoms with Crippen molar-refractivity contribution in [3.63, 3.8) is 0 Å². The van der Waals surface area contributed by atoms with Crippen molar-refractivity contribution in [1.82, 2.24) is 84.5 Å². The summed E-state index contributed by atoms with van der Waals surface area (Å²) in [7, 11) is 11.0. The SMILES string of the molecule is CN(C)c1ncnc2c1ncn2C1OC(CO)C(NC(=O)C(N)Cc2ccc(CN=[N+]=[N-])nc2)C1O.CN(C)c1ncnc2c1ncn2C1OC(CO)C(NC(=O)C(N)Cc2ccc(OCCN=[N+]=[N-])cc2)C1O.CN(C)c1ncnc2c1ncn2C1OC(CO)C(NC(=O)C(N)Cc2ccnc(CN=[N+]=[N-])c2)C1O. The number of rotatable bonds is 29. The minimum Gasteiger partial charge on any atom is -0.493 e. The molecule has 3 aliphatic heterocycles. The average molecular weight is 1520 g/mol. The van der Waals surface area contributed by atoms with Gasteiger partial charge in [-0.15, -0.1) is 0 Å². The Balaban J connectivity index is 0.000000176. The normalized spacial score (nSPS) is 22.0. The molecule has 0 spiro atoms. The van der Waals surface area contributed by atoms with Crippen LogP contribution in [0.3, 0.4) is 0 Å². The van der Waals surface area contributed by atoms with Crippen molar-refractivity contribution in [1.29, 1.82) is 0 Å². The van der Waals surface area contributed by atoms with Gasteiger partial charge < -0.3 is 97.4 Å². The lowest BCUT2D eigenvalue weighted by atomic mass is 10.0. The minimum atomic E-state index is -1.22. The number of anilines is 3. The molecule has 0 radical (unpaired) electrons. The van der Waals surface area contributed by atoms with Gasteiger partial charge in [0.15, 0.2) is 69.6 Å². The smallest absolute Gasteiger partial charge is 0.237 e. The molecule has 0 saturated carbocycles. The number of imidazole rings is 3. The molecule has 15 atom stereocenters. The summed E-state index contributed by atoms with van der Waals surface area (Å²) < 4.78 is 27.8. The third-order valence-corrected chi connectivity index (χ3v) is 17.9. The second-order valence-electron chi connectivity index (χ2n) is 26.0. The van der Waals surface area contributed by atoms with Crippen LogP contribution in [0.25, 0.3) is 64.8 Å². The van der Waals surface area contributed by atoms with Crippen LogP contribution in [0.1, 0.15) is 46.8 Å². The van der Waals surface area contributed by atoms with Gasteiger partial charge in [0.25, 0.3) is 0 Å². The van der Waals surface area contributed by atoms with Crippen molar-refractivity contribution in [2.24, 2.45) is 32.5 Å². The number of azide groups is 3. The summed E-state index contributed by atoms with van der Waals surface area (Å²) in [6, 6.07) is 8.32. The number of aromatic nitrogens is 14. The van der Waals surface area contributed by atoms with Crippen LogP contribution in [0.2, 0.25) is 0 Å². The minimum absolute atomic E-state index is 0.0842. The van der Waals surface area contributed by atoms with E-state index in [9.17, 15) is 45.0 Å². The molecule has 1 aromatic carbocycles. The quantitative estimate of drug-likeness (QED) is 0.0112. The highest BCUT2D eigenvalue weighted by molar-refractivity contribution is 5.86. The number of hydrogen-bond donors (Lipinski definition) is 12. The van der Waals surface area contributed by atoms with Crippen molar-refractivity contribution in [3.8, 4) is 5.75 Å². The molecule has 11 heterocycles. The van der Waals surface area contributed by atoms with Crippen LogP contribution in [-0.2, 0) is 60.9 Å². The van der Waals surface area contributed by atoms with E-state index in [0.717, 1.165) is 11.1 Å². The van der Waals surface area contributed by atoms with E-state index < -0.39 is 129 Å². The lowest BCUT2D eigenvalue weighted by Crippen LogP contribution is -2.53. The highest BCUT2D eigenvalue weighted by Crippen LogP contribution is 2.36. The summed E-state index contributed by atoms with van der Waals surface area (Å²) in [6.45, 7) is -0.623. The monoisotopic (exact) mass is 1520 g/mol. The number of pyridine rings is 2. The highest BCUT2D eigenvalue weighted by Gasteiger charge is 2.49. The Bertz CT molecular complexity index is 4760. The first-order valence-electron chi connectivity index (χ1n) is 34.2. The van der Waals surface area contributed by atoms with Gasteiger partial charge >= 0.3 is 0 Å². The number of carbonyl (C=O) groups is 3. The van der Waals surface area contributed by atoms with Crippen molar-refractivity contribution < 1.29 is 64.0 Å². The number of nitrogens with zero attached hydrogens (tertiary/aromatic N) is 26. The predicted molar refractivity (Wildman–Crippen MR) is 391 cm³/mol. The zero-order valence-corrected chi connectivity index (χ0v) is 60.4. The number of fused-ring (bicyclic) bond motifs is 3. The molecule has 45 nitrogen and oxygen atoms in total. The van der Waals surface area contributed by atoms with Gasteiger partial charge in [-0.25, -0.2) is 44.9 Å². The number of nitrogens with two attached hydrogens (primary N) is 3. The molecule has 110 heavy (non-hydrogen) atoms. The largest absolute Gasteiger partial charge is 0.493 e. The molecule has 582 valence electrons. The number of aliphatic hydroxyl groups excluding tert-OH is 6. The lowest BCUT2D eigenvalue weighted by Gasteiger charge is -2.23. The second kappa shape index (κ2) is 37.4. The van der Waals surface area contributed by atoms with E-state index in [2.05, 4.69) is 101 Å². The maximum atomic E-state index is 12.9. The van der Waals surface area contributed by atoms with E-state index in [1.807, 2.05) is 42.3 Å². The Morgan fingerprint density at radius 1 is 0.509 bits per heavy atom. The molecule has 0 bridgehead atoms. The van der Waals surface area contributed by atoms with Gasteiger partial charge in [-0.3, -0.25) is 38.1 Å². The summed E-state index contributed by atoms with van der Waals surface area (Å²) in [4.78, 5) is 98.9. The molecule has 3 aliphatic rings. The Morgan fingerprint density at radius 2 is 0.891 bits per heavy atom. The van der Waals surface area contributed by atoms with Crippen molar-refractivity contribution in [2.45, 2.75) is 124 Å². The lowest BCUT2D eigenvalue weighted by molar-refractivity contribution is -0.124. The topological polar surface area (TPSA) is 636 Å². The molecule has 15 N–H and O–H groups in total. The van der Waals surface area contributed by atoms with Crippen molar-refractivity contribution >= 4 is 68.7 Å². The molecule has 3 saturated heterocycles. The molecule has 45 heteroatoms. The number of hydrogen-bond acceptors (Lipinski definition) is 33. The third-order valence-electron chi connectivity index (χ3n) is 17.9. The Morgan fingerprint density at radius 3 is 1.26 bits per heavy atom. The number of ether oxygens (including phenoxy) is 4. The van der Waals surface area contributed by atoms with Gasteiger partial charge in [0.2, 0.25) is 17.7 Å². The highest BCUT2D eigenvalue weighted by atomic mass is 16.6. The fourth-order valence-corrected chi connectivity index (χ4v) is 12.4. The van der Waals surface area contributed by atoms with E-state index in [1.54, 1.807) is 89.3 Å². The summed E-state index contributed by atoms with van der Waals surface area (Å²) >= 11 is 0. The number of benzene rings is 1. The van der Waals surface area contributed by atoms with Gasteiger partial charge in [-0.2, -0.15) is 0 Å². The first-order valence-corrected chi connectivity index (χ1v) is 34.2. The van der Waals surface area contributed by atoms with Crippen LogP contribution in [0.15, 0.2) is 114 Å². The number of aliphatic hydroxyl groups is 6. The standard InChI is InChI=1S/C23H30N10O5.2C21H27N11O4/c1-32(2)20-18-21(27-11-26-20)33(12-28-18)23-19(35)17(16(10-34)38-23)30-22(36)15(24)9-13-3-5-14(6-4-13)37-8-7-29-31-25;1-31(2)18-16-19(26-9-25-18)32(10-27-16)21-17(34)15(14(8-33)36-21)29-20(35)13(22)6-11-3-4-24-12(5-11)7-28-30-23;1-31(2)18-16-19(26-9-25-18)32(10-27-16)21-17(34)15(14(8-33)36-21)29-20(35)13(22)5-11-3-4-12(24-6-11)7-28-30-23/h3-6,11-12,15-17,19,23,34-35H,7-10,24H2,1-2H3,(H,30,36);3-5,9-10,13-15,17,21,33-34H,6-8,22H2,1-2H3,(H,29,35);3-4,6,9-10,13-15,17,21,33-34H,5,7-8,22H2,1-2H3,(H,29,35). The third kappa shape index (κ3) is 18.8. The van der Waals surface area contributed by atoms with Crippen LogP contribution < -0.4 is 52.6 Å². The number of nitrogens with one attached hydrogen (secondary N) is 3. The fourth-order valence-electron chi connectivity index (χ4n) is 12.4. The fraction of sp³-hybridized carbons (Fsp3) is 0.477. The molecule has 8 aromatic heterocycles. The van der Waals surface area contributed by atoms with E-state index in [0.29, 0.717) is 73.6 Å². The maximum Gasteiger partial charge on any atom is 0.237 e. The van der Waals surface area contributed by atoms with E-state index in [4.69, 9.17) is 52.7 Å². The summed E-state index contributed by atoms with van der Waals surface area (Å²) in [5.41, 5.74) is 49.8. The molecule has 0 aliphatic carbocycles. The molecule has 15 unspecified atom stereocenters. The Hall–Kier alpha value is -11.8. The number of carbonyl (C=O) groups excluding carboxylic acids is 3. The first kappa shape index (κ1) is 80.8. The van der Waals surface area contributed by atoms with Crippen molar-refractivity contribution in [3.05, 3.63) is 158 Å². The van der Waals surface area contributed by atoms with E-state index >= 15 is 0 Å². The van der Waals surface area contributed by atoms with Crippen molar-refractivity contribution in [2.75, 3.05) is 90.0 Å². The van der Waals surface area contributed by atoms with E-state index in [1.165, 1.54) is 38.0 Å². The summed E-state index contributed by atoms with van der Waals surface area (Å²) in [6.07, 6.45) is 3.17. The molecule has 9 aromatic rings. The second-order valence-corrected chi connectivity index (χ2v) is 26.0. The number of amides is 3. The summed E-state index contributed by atoms with van der Waals surface area (Å²) in [5, 5.41) is 81.3. The summed E-state index contributed by atoms with van der Waals surface area (Å²) in [5.74, 6) is 0.844.